The van der Waals surface area contributed by atoms with E-state index >= 15 is 0 Å². The number of carbonyl (C=O) groups is 3. The van der Waals surface area contributed by atoms with E-state index in [9.17, 15) is 14.4 Å². The Morgan fingerprint density at radius 3 is 2.29 bits per heavy atom. The first-order chi connectivity index (χ1) is 11.2. The zero-order valence-corrected chi connectivity index (χ0v) is 15.7. The maximum absolute atomic E-state index is 12.2. The van der Waals surface area contributed by atoms with Crippen LogP contribution in [0.4, 0.5) is 0 Å². The molecule has 2 amide bonds. The summed E-state index contributed by atoms with van der Waals surface area (Å²) in [6.07, 6.45) is -0.00324. The van der Waals surface area contributed by atoms with Crippen molar-refractivity contribution in [2.75, 3.05) is 6.61 Å². The van der Waals surface area contributed by atoms with E-state index in [2.05, 4.69) is 5.32 Å². The van der Waals surface area contributed by atoms with Gasteiger partial charge < -0.3 is 15.0 Å². The number of rotatable bonds is 8. The number of esters is 1. The first-order valence-corrected chi connectivity index (χ1v) is 8.87. The van der Waals surface area contributed by atoms with Gasteiger partial charge in [0.1, 0.15) is 0 Å². The van der Waals surface area contributed by atoms with Crippen LogP contribution in [-0.4, -0.2) is 41.4 Å². The molecule has 0 saturated carbocycles. The lowest BCUT2D eigenvalue weighted by atomic mass is 10.1. The second-order valence-electron chi connectivity index (χ2n) is 6.12. The summed E-state index contributed by atoms with van der Waals surface area (Å²) in [7, 11) is 0. The molecule has 1 aromatic rings. The van der Waals surface area contributed by atoms with Crippen molar-refractivity contribution >= 4 is 29.1 Å². The molecule has 134 valence electrons. The molecule has 1 rings (SSSR count). The fourth-order valence-corrected chi connectivity index (χ4v) is 3.35. The van der Waals surface area contributed by atoms with Gasteiger partial charge in [-0.2, -0.15) is 0 Å². The molecule has 0 aliphatic rings. The minimum absolute atomic E-state index is 0.00324. The number of hydrogen-bond donors (Lipinski definition) is 1. The molecule has 0 aromatic carbocycles. The molecular formula is C17H26N2O4S. The van der Waals surface area contributed by atoms with Gasteiger partial charge in [0.25, 0.3) is 5.91 Å². The van der Waals surface area contributed by atoms with E-state index in [4.69, 9.17) is 4.74 Å². The lowest BCUT2D eigenvalue weighted by Gasteiger charge is -2.30. The summed E-state index contributed by atoms with van der Waals surface area (Å²) in [6.45, 7) is 8.80. The third-order valence-electron chi connectivity index (χ3n) is 3.39. The maximum atomic E-state index is 12.2. The summed E-state index contributed by atoms with van der Waals surface area (Å²) in [4.78, 5) is 38.1. The fraction of sp³-hybridized carbons (Fsp3) is 0.588. The molecule has 0 aliphatic carbocycles. The molecule has 0 radical (unpaired) electrons. The van der Waals surface area contributed by atoms with Crippen molar-refractivity contribution in [3.05, 3.63) is 22.4 Å². The smallest absolute Gasteiger partial charge is 0.308 e. The highest BCUT2D eigenvalue weighted by Crippen LogP contribution is 2.22. The van der Waals surface area contributed by atoms with Crippen LogP contribution >= 0.6 is 11.3 Å². The number of amides is 2. The molecule has 1 aromatic heterocycles. The highest BCUT2D eigenvalue weighted by molar-refractivity contribution is 7.10. The molecule has 24 heavy (non-hydrogen) atoms. The third kappa shape index (κ3) is 6.31. The Kier molecular flexibility index (Phi) is 7.91. The van der Waals surface area contributed by atoms with Crippen molar-refractivity contribution in [2.24, 2.45) is 0 Å². The predicted octanol–water partition coefficient (Wildman–Crippen LogP) is 2.50. The van der Waals surface area contributed by atoms with Gasteiger partial charge in [0.2, 0.25) is 5.91 Å². The third-order valence-corrected chi connectivity index (χ3v) is 4.38. The van der Waals surface area contributed by atoms with Crippen molar-refractivity contribution in [2.45, 2.75) is 59.2 Å². The molecule has 1 heterocycles. The Morgan fingerprint density at radius 2 is 1.83 bits per heavy atom. The molecule has 0 bridgehead atoms. The highest BCUT2D eigenvalue weighted by atomic mass is 32.1. The standard InChI is InChI=1S/C17H26N2O4S/c1-11(2)19(12(3)4)16(21)10-23-17(22)9-14(18-13(5)20)15-7-6-8-24-15/h6-8,11-12,14H,9-10H2,1-5H3,(H,18,20). The molecule has 0 fully saturated rings. The van der Waals surface area contributed by atoms with E-state index in [1.165, 1.54) is 18.3 Å². The molecule has 1 N–H and O–H groups in total. The molecule has 0 aliphatic heterocycles. The largest absolute Gasteiger partial charge is 0.455 e. The zero-order valence-electron chi connectivity index (χ0n) is 14.9. The molecule has 7 heteroatoms. The number of nitrogens with zero attached hydrogens (tertiary/aromatic N) is 1. The molecular weight excluding hydrogens is 328 g/mol. The first kappa shape index (κ1) is 20.2. The number of hydrogen-bond acceptors (Lipinski definition) is 5. The zero-order chi connectivity index (χ0) is 18.3. The van der Waals surface area contributed by atoms with Gasteiger partial charge in [-0.25, -0.2) is 0 Å². The van der Waals surface area contributed by atoms with Gasteiger partial charge in [-0.15, -0.1) is 11.3 Å². The van der Waals surface area contributed by atoms with Gasteiger partial charge >= 0.3 is 5.97 Å². The molecule has 1 unspecified atom stereocenters. The Bertz CT molecular complexity index is 547. The van der Waals surface area contributed by atoms with E-state index in [1.54, 1.807) is 4.90 Å². The van der Waals surface area contributed by atoms with Gasteiger partial charge in [-0.3, -0.25) is 14.4 Å². The van der Waals surface area contributed by atoms with Crippen molar-refractivity contribution < 1.29 is 19.1 Å². The van der Waals surface area contributed by atoms with Crippen LogP contribution in [0.1, 0.15) is 52.0 Å². The predicted molar refractivity (Wildman–Crippen MR) is 93.6 cm³/mol. The summed E-state index contributed by atoms with van der Waals surface area (Å²) in [6, 6.07) is 3.34. The van der Waals surface area contributed by atoms with Gasteiger partial charge in [0.05, 0.1) is 12.5 Å². The fourth-order valence-electron chi connectivity index (χ4n) is 2.57. The summed E-state index contributed by atoms with van der Waals surface area (Å²) >= 11 is 1.45. The van der Waals surface area contributed by atoms with Crippen LogP contribution < -0.4 is 5.32 Å². The van der Waals surface area contributed by atoms with Crippen LogP contribution in [0.3, 0.4) is 0 Å². The van der Waals surface area contributed by atoms with Crippen LogP contribution in [0, 0.1) is 0 Å². The Labute approximate surface area is 147 Å². The summed E-state index contributed by atoms with van der Waals surface area (Å²) in [5, 5.41) is 4.61. The van der Waals surface area contributed by atoms with E-state index < -0.39 is 12.0 Å². The molecule has 1 atom stereocenters. The summed E-state index contributed by atoms with van der Waals surface area (Å²) in [5.41, 5.74) is 0. The van der Waals surface area contributed by atoms with Crippen molar-refractivity contribution in [1.29, 1.82) is 0 Å². The average Bonchev–Trinajstić information content (AvgIpc) is 2.97. The number of carbonyl (C=O) groups excluding carboxylic acids is 3. The second-order valence-corrected chi connectivity index (χ2v) is 7.10. The monoisotopic (exact) mass is 354 g/mol. The van der Waals surface area contributed by atoms with E-state index in [0.717, 1.165) is 4.88 Å². The van der Waals surface area contributed by atoms with Crippen molar-refractivity contribution in [1.82, 2.24) is 10.2 Å². The van der Waals surface area contributed by atoms with E-state index in [0.29, 0.717) is 0 Å². The highest BCUT2D eigenvalue weighted by Gasteiger charge is 2.23. The summed E-state index contributed by atoms with van der Waals surface area (Å²) < 4.78 is 5.12. The van der Waals surface area contributed by atoms with Crippen LogP contribution in [0.15, 0.2) is 17.5 Å². The topological polar surface area (TPSA) is 75.7 Å². The lowest BCUT2D eigenvalue weighted by molar-refractivity contribution is -0.154. The quantitative estimate of drug-likeness (QED) is 0.728. The van der Waals surface area contributed by atoms with Crippen molar-refractivity contribution in [3.63, 3.8) is 0 Å². The second kappa shape index (κ2) is 9.42. The van der Waals surface area contributed by atoms with Crippen LogP contribution in [0.25, 0.3) is 0 Å². The van der Waals surface area contributed by atoms with Gasteiger partial charge in [-0.05, 0) is 39.1 Å². The van der Waals surface area contributed by atoms with E-state index in [-0.39, 0.29) is 36.9 Å². The normalized spacial score (nSPS) is 12.1. The number of ether oxygens (including phenoxy) is 1. The Balaban J connectivity index is 2.60. The first-order valence-electron chi connectivity index (χ1n) is 7.99. The maximum Gasteiger partial charge on any atom is 0.308 e. The van der Waals surface area contributed by atoms with Crippen LogP contribution in [-0.2, 0) is 19.1 Å². The van der Waals surface area contributed by atoms with Gasteiger partial charge in [0.15, 0.2) is 6.61 Å². The molecule has 6 nitrogen and oxygen atoms in total. The molecule has 0 spiro atoms. The Hall–Kier alpha value is -1.89. The minimum atomic E-state index is -0.511. The average molecular weight is 354 g/mol. The van der Waals surface area contributed by atoms with Crippen LogP contribution in [0.2, 0.25) is 0 Å². The van der Waals surface area contributed by atoms with Crippen molar-refractivity contribution in [3.8, 4) is 0 Å². The Morgan fingerprint density at radius 1 is 1.21 bits per heavy atom. The van der Waals surface area contributed by atoms with Gasteiger partial charge in [-0.1, -0.05) is 6.07 Å². The SMILES string of the molecule is CC(=O)NC(CC(=O)OCC(=O)N(C(C)C)C(C)C)c1cccs1. The minimum Gasteiger partial charge on any atom is -0.455 e. The summed E-state index contributed by atoms with van der Waals surface area (Å²) in [5.74, 6) is -0.952. The van der Waals surface area contributed by atoms with Gasteiger partial charge in [0, 0.05) is 23.9 Å². The number of thiophene rings is 1. The van der Waals surface area contributed by atoms with E-state index in [1.807, 2.05) is 45.2 Å². The number of nitrogens with one attached hydrogen (secondary N) is 1. The lowest BCUT2D eigenvalue weighted by Crippen LogP contribution is -2.44. The van der Waals surface area contributed by atoms with Crippen LogP contribution in [0.5, 0.6) is 0 Å². The molecule has 0 saturated heterocycles.